The Kier molecular flexibility index (Phi) is 3.12. The second-order valence-corrected chi connectivity index (χ2v) is 5.17. The van der Waals surface area contributed by atoms with Crippen LogP contribution in [0.4, 0.5) is 0 Å². The van der Waals surface area contributed by atoms with Crippen LogP contribution in [0.15, 0.2) is 0 Å². The van der Waals surface area contributed by atoms with Gasteiger partial charge in [0.2, 0.25) is 0 Å². The van der Waals surface area contributed by atoms with Crippen molar-refractivity contribution in [3.63, 3.8) is 0 Å². The Morgan fingerprint density at radius 1 is 1.62 bits per heavy atom. The Labute approximate surface area is 61.5 Å². The number of nitrogens with one attached hydrogen (secondary N) is 1. The first kappa shape index (κ1) is 6.81. The molecule has 1 rings (SSSR count). The Hall–Kier alpha value is 0.690. The van der Waals surface area contributed by atoms with Crippen molar-refractivity contribution in [1.82, 2.24) is 5.32 Å². The van der Waals surface area contributed by atoms with E-state index in [0.717, 1.165) is 3.92 Å². The van der Waals surface area contributed by atoms with E-state index in [9.17, 15) is 0 Å². The molecular weight excluding hydrogens is 213 g/mol. The SMILES string of the molecule is C[I-]C1CCCNC1. The number of halogens is 1. The Morgan fingerprint density at radius 3 is 2.88 bits per heavy atom. The first-order valence-corrected chi connectivity index (χ1v) is 6.52. The fourth-order valence-electron chi connectivity index (χ4n) is 0.996. The first-order valence-electron chi connectivity index (χ1n) is 3.12. The van der Waals surface area contributed by atoms with E-state index in [4.69, 9.17) is 0 Å². The molecule has 0 aromatic carbocycles. The second-order valence-electron chi connectivity index (χ2n) is 2.16. The van der Waals surface area contributed by atoms with Crippen molar-refractivity contribution in [2.45, 2.75) is 16.8 Å². The van der Waals surface area contributed by atoms with Crippen LogP contribution < -0.4 is 26.5 Å². The Balaban J connectivity index is 2.13. The van der Waals surface area contributed by atoms with E-state index < -0.39 is 0 Å². The van der Waals surface area contributed by atoms with E-state index in [-0.39, 0.29) is 0 Å². The third-order valence-corrected chi connectivity index (χ3v) is 4.37. The molecule has 1 atom stereocenters. The van der Waals surface area contributed by atoms with Crippen LogP contribution in [0.5, 0.6) is 0 Å². The first-order chi connectivity index (χ1) is 3.93. The van der Waals surface area contributed by atoms with Crippen molar-refractivity contribution < 1.29 is 21.2 Å². The normalized spacial score (nSPS) is 30.9. The van der Waals surface area contributed by atoms with E-state index in [2.05, 4.69) is 10.2 Å². The molecule has 0 amide bonds. The number of hydrogen-bond acceptors (Lipinski definition) is 1. The Morgan fingerprint density at radius 2 is 2.50 bits per heavy atom. The standard InChI is InChI=1S/C6H13IN/c1-7-6-3-2-4-8-5-6/h6,8H,2-5H2,1H3/q-1. The summed E-state index contributed by atoms with van der Waals surface area (Å²) in [7, 11) is 0. The fraction of sp³-hybridized carbons (Fsp3) is 1.00. The van der Waals surface area contributed by atoms with Crippen molar-refractivity contribution in [2.24, 2.45) is 0 Å². The fourth-order valence-corrected chi connectivity index (χ4v) is 2.81. The van der Waals surface area contributed by atoms with Crippen molar-refractivity contribution in [2.75, 3.05) is 18.0 Å². The zero-order valence-corrected chi connectivity index (χ0v) is 7.44. The zero-order valence-electron chi connectivity index (χ0n) is 5.28. The van der Waals surface area contributed by atoms with E-state index in [0.29, 0.717) is 21.2 Å². The van der Waals surface area contributed by atoms with E-state index in [1.807, 2.05) is 0 Å². The van der Waals surface area contributed by atoms with Gasteiger partial charge in [0.1, 0.15) is 0 Å². The molecule has 1 nitrogen and oxygen atoms in total. The van der Waals surface area contributed by atoms with Gasteiger partial charge >= 0.3 is 61.3 Å². The van der Waals surface area contributed by atoms with Gasteiger partial charge in [-0.05, 0) is 0 Å². The molecule has 1 unspecified atom stereocenters. The molecule has 2 heteroatoms. The topological polar surface area (TPSA) is 12.0 Å². The summed E-state index contributed by atoms with van der Waals surface area (Å²) in [6, 6.07) is 0. The molecule has 0 aromatic rings. The van der Waals surface area contributed by atoms with Gasteiger partial charge in [-0.25, -0.2) is 0 Å². The molecule has 0 bridgehead atoms. The number of rotatable bonds is 1. The van der Waals surface area contributed by atoms with Crippen LogP contribution in [-0.2, 0) is 0 Å². The second kappa shape index (κ2) is 3.67. The molecule has 1 saturated heterocycles. The summed E-state index contributed by atoms with van der Waals surface area (Å²) < 4.78 is 1.09. The minimum absolute atomic E-state index is 0.524. The molecular formula is C6H13IN-. The summed E-state index contributed by atoms with van der Waals surface area (Å²) in [4.78, 5) is 2.39. The van der Waals surface area contributed by atoms with Gasteiger partial charge in [0.15, 0.2) is 0 Å². The number of piperidine rings is 1. The van der Waals surface area contributed by atoms with Crippen LogP contribution in [0.3, 0.4) is 0 Å². The van der Waals surface area contributed by atoms with Gasteiger partial charge in [-0.3, -0.25) is 0 Å². The molecule has 0 aromatic heterocycles. The predicted molar refractivity (Wildman–Crippen MR) is 31.8 cm³/mol. The molecule has 8 heavy (non-hydrogen) atoms. The van der Waals surface area contributed by atoms with E-state index in [1.165, 1.54) is 25.9 Å². The van der Waals surface area contributed by atoms with Gasteiger partial charge in [-0.1, -0.05) is 0 Å². The number of hydrogen-bond donors (Lipinski definition) is 1. The maximum absolute atomic E-state index is 3.41. The van der Waals surface area contributed by atoms with E-state index >= 15 is 0 Å². The van der Waals surface area contributed by atoms with Crippen LogP contribution in [0.1, 0.15) is 12.8 Å². The van der Waals surface area contributed by atoms with Crippen molar-refractivity contribution in [3.05, 3.63) is 0 Å². The quantitative estimate of drug-likeness (QED) is 0.383. The molecule has 1 heterocycles. The summed E-state index contributed by atoms with van der Waals surface area (Å²) in [5.74, 6) is 0. The summed E-state index contributed by atoms with van der Waals surface area (Å²) >= 11 is 0.524. The van der Waals surface area contributed by atoms with Gasteiger partial charge in [-0.15, -0.1) is 0 Å². The monoisotopic (exact) mass is 226 g/mol. The third kappa shape index (κ3) is 1.90. The summed E-state index contributed by atoms with van der Waals surface area (Å²) in [6.07, 6.45) is 2.91. The summed E-state index contributed by atoms with van der Waals surface area (Å²) in [5, 5.41) is 3.41. The predicted octanol–water partition coefficient (Wildman–Crippen LogP) is -2.54. The summed E-state index contributed by atoms with van der Waals surface area (Å²) in [5.41, 5.74) is 0. The van der Waals surface area contributed by atoms with Crippen molar-refractivity contribution in [3.8, 4) is 0 Å². The van der Waals surface area contributed by atoms with Crippen molar-refractivity contribution in [1.29, 1.82) is 0 Å². The van der Waals surface area contributed by atoms with Crippen LogP contribution >= 0.6 is 0 Å². The minimum atomic E-state index is 0.524. The van der Waals surface area contributed by atoms with Crippen LogP contribution in [0, 0.1) is 0 Å². The zero-order chi connectivity index (χ0) is 5.82. The van der Waals surface area contributed by atoms with Gasteiger partial charge < -0.3 is 0 Å². The van der Waals surface area contributed by atoms with Gasteiger partial charge in [-0.2, -0.15) is 0 Å². The maximum atomic E-state index is 3.41. The van der Waals surface area contributed by atoms with E-state index in [1.54, 1.807) is 0 Å². The molecule has 0 aliphatic carbocycles. The van der Waals surface area contributed by atoms with Crippen molar-refractivity contribution >= 4 is 0 Å². The van der Waals surface area contributed by atoms with Gasteiger partial charge in [0.05, 0.1) is 0 Å². The van der Waals surface area contributed by atoms with Crippen LogP contribution in [0.2, 0.25) is 0 Å². The van der Waals surface area contributed by atoms with Crippen LogP contribution in [-0.4, -0.2) is 21.9 Å². The molecule has 0 spiro atoms. The molecule has 1 aliphatic rings. The number of alkyl halides is 2. The average molecular weight is 226 g/mol. The molecule has 0 radical (unpaired) electrons. The summed E-state index contributed by atoms with van der Waals surface area (Å²) in [6.45, 7) is 2.57. The Bertz CT molecular complexity index is 59.5. The molecule has 1 aliphatic heterocycles. The van der Waals surface area contributed by atoms with Gasteiger partial charge in [0, 0.05) is 0 Å². The van der Waals surface area contributed by atoms with Crippen LogP contribution in [0.25, 0.3) is 0 Å². The van der Waals surface area contributed by atoms with Gasteiger partial charge in [0.25, 0.3) is 0 Å². The molecule has 50 valence electrons. The average Bonchev–Trinajstić information content (AvgIpc) is 1.90. The third-order valence-electron chi connectivity index (χ3n) is 1.55. The molecule has 1 N–H and O–H groups in total. The molecule has 1 fully saturated rings. The molecule has 0 saturated carbocycles.